The van der Waals surface area contributed by atoms with Crippen molar-refractivity contribution in [1.29, 1.82) is 0 Å². The summed E-state index contributed by atoms with van der Waals surface area (Å²) in [6, 6.07) is 0. The van der Waals surface area contributed by atoms with Crippen LogP contribution in [0.25, 0.3) is 0 Å². The number of hydrogen-bond acceptors (Lipinski definition) is 0. The van der Waals surface area contributed by atoms with Crippen LogP contribution in [0.2, 0.25) is 0 Å². The van der Waals surface area contributed by atoms with Crippen LogP contribution in [0.15, 0.2) is 0 Å². The Hall–Kier alpha value is 0.677. The first-order valence-corrected chi connectivity index (χ1v) is 3.43. The van der Waals surface area contributed by atoms with E-state index in [2.05, 4.69) is 8.86 Å². The molecule has 0 aromatic carbocycles. The van der Waals surface area contributed by atoms with Gasteiger partial charge in [-0.1, -0.05) is 5.42 Å². The molecule has 0 unspecified atom stereocenters. The second-order valence-corrected chi connectivity index (χ2v) is 2.28. The molecule has 0 aliphatic carbocycles. The summed E-state index contributed by atoms with van der Waals surface area (Å²) in [5, 5.41) is 0. The molecular weight excluding hydrogens is 107 g/mol. The maximum absolute atomic E-state index is 5.11. The van der Waals surface area contributed by atoms with Gasteiger partial charge in [0.05, 0.1) is 0 Å². The van der Waals surface area contributed by atoms with Gasteiger partial charge in [-0.2, -0.15) is 11.1 Å². The fraction of sp³-hybridized carbons (Fsp3) is 0. The van der Waals surface area contributed by atoms with Crippen molar-refractivity contribution in [3.63, 3.8) is 0 Å². The lowest BCUT2D eigenvalue weighted by molar-refractivity contribution is 4.01. The largest absolute Gasteiger partial charge is 0.206 e. The number of hydrogen-bond donors (Lipinski definition) is 0. The lowest BCUT2D eigenvalue weighted by Crippen LogP contribution is -1.66. The van der Waals surface area contributed by atoms with E-state index in [9.17, 15) is 0 Å². The van der Waals surface area contributed by atoms with Crippen molar-refractivity contribution in [2.24, 2.45) is 0 Å². The van der Waals surface area contributed by atoms with E-state index in [1.807, 2.05) is 0 Å². The molecule has 22 valence electrons. The standard InChI is InChI=1S/CH2ClPSi/c2-4-1-3/h1,3H. The zero-order valence-corrected chi connectivity index (χ0v) is 4.71. The third-order valence-electron chi connectivity index (χ3n) is 0.0546. The van der Waals surface area contributed by atoms with Crippen LogP contribution in [0, 0.1) is 0 Å². The van der Waals surface area contributed by atoms with Gasteiger partial charge < -0.3 is 0 Å². The van der Waals surface area contributed by atoms with E-state index in [4.69, 9.17) is 11.1 Å². The van der Waals surface area contributed by atoms with Gasteiger partial charge in [0.1, 0.15) is 0 Å². The van der Waals surface area contributed by atoms with Gasteiger partial charge in [-0.25, -0.2) is 0 Å². The van der Waals surface area contributed by atoms with Crippen molar-refractivity contribution in [1.82, 2.24) is 0 Å². The zero-order chi connectivity index (χ0) is 3.41. The number of halogens is 1. The summed E-state index contributed by atoms with van der Waals surface area (Å²) in [6.45, 7) is 0. The van der Waals surface area contributed by atoms with Crippen molar-refractivity contribution in [2.75, 3.05) is 0 Å². The summed E-state index contributed by atoms with van der Waals surface area (Å²) < 4.78 is 0. The molecule has 0 amide bonds. The Morgan fingerprint density at radius 2 is 2.25 bits per heavy atom. The van der Waals surface area contributed by atoms with E-state index >= 15 is 0 Å². The zero-order valence-electron chi connectivity index (χ0n) is 1.96. The first kappa shape index (κ1) is 4.68. The van der Waals surface area contributed by atoms with Crippen LogP contribution in [0.5, 0.6) is 0 Å². The van der Waals surface area contributed by atoms with Crippen LogP contribution in [0.3, 0.4) is 0 Å². The monoisotopic (exact) mass is 108 g/mol. The van der Waals surface area contributed by atoms with E-state index in [1.165, 1.54) is 0 Å². The van der Waals surface area contributed by atoms with E-state index in [0.717, 1.165) is 0 Å². The van der Waals surface area contributed by atoms with E-state index in [1.54, 1.807) is 5.42 Å². The van der Waals surface area contributed by atoms with Crippen LogP contribution in [0.1, 0.15) is 0 Å². The van der Waals surface area contributed by atoms with Crippen molar-refractivity contribution in [3.8, 4) is 0 Å². The average molecular weight is 109 g/mol. The molecule has 0 fully saturated rings. The van der Waals surface area contributed by atoms with E-state index in [0.29, 0.717) is 8.83 Å². The summed E-state index contributed by atoms with van der Waals surface area (Å²) in [5.41, 5.74) is 1.72. The van der Waals surface area contributed by atoms with E-state index in [-0.39, 0.29) is 0 Å². The second-order valence-electron chi connectivity index (χ2n) is 0.253. The first-order chi connectivity index (χ1) is 1.91. The van der Waals surface area contributed by atoms with Crippen LogP contribution in [0.4, 0.5) is 0 Å². The molecule has 0 atom stereocenters. The van der Waals surface area contributed by atoms with Gasteiger partial charge in [0, 0.05) is 0 Å². The molecule has 0 aromatic heterocycles. The third kappa shape index (κ3) is 2.68. The summed E-state index contributed by atoms with van der Waals surface area (Å²) >= 11 is 5.11. The summed E-state index contributed by atoms with van der Waals surface area (Å²) in [4.78, 5) is 0. The minimum Gasteiger partial charge on any atom is -0.165 e. The van der Waals surface area contributed by atoms with Crippen LogP contribution in [-0.2, 0) is 0 Å². The summed E-state index contributed by atoms with van der Waals surface area (Å²) in [7, 11) is 3.44. The average Bonchev–Trinajstić information content (AvgIpc) is 1.37. The Kier molecular flexibility index (Phi) is 4.30. The lowest BCUT2D eigenvalue weighted by Gasteiger charge is -1.49. The SMILES string of the molecule is P=C[Si]Cl. The van der Waals surface area contributed by atoms with Gasteiger partial charge in [0.25, 0.3) is 0 Å². The smallest absolute Gasteiger partial charge is 0.165 e. The minimum atomic E-state index is 0.401. The number of rotatable bonds is 1. The highest BCUT2D eigenvalue weighted by atomic mass is 35.6. The molecule has 4 heavy (non-hydrogen) atoms. The fourth-order valence-corrected chi connectivity index (χ4v) is 0. The first-order valence-electron chi connectivity index (χ1n) is 0.766. The second kappa shape index (κ2) is 3.68. The highest BCUT2D eigenvalue weighted by Gasteiger charge is 1.55. The molecule has 0 heterocycles. The Morgan fingerprint density at radius 3 is 2.25 bits per heavy atom. The molecule has 0 spiro atoms. The molecule has 0 nitrogen and oxygen atoms in total. The van der Waals surface area contributed by atoms with Crippen LogP contribution in [-0.4, -0.2) is 14.2 Å². The highest BCUT2D eigenvalue weighted by molar-refractivity contribution is 7.33. The van der Waals surface area contributed by atoms with Gasteiger partial charge in [0.2, 0.25) is 8.83 Å². The van der Waals surface area contributed by atoms with Gasteiger partial charge in [-0.3, -0.25) is 0 Å². The molecule has 0 rings (SSSR count). The topological polar surface area (TPSA) is 0 Å². The molecule has 0 saturated carbocycles. The molecular formula is CH2ClPSi. The van der Waals surface area contributed by atoms with Crippen molar-refractivity contribution < 1.29 is 0 Å². The van der Waals surface area contributed by atoms with Crippen molar-refractivity contribution in [3.05, 3.63) is 0 Å². The predicted molar refractivity (Wildman–Crippen MR) is 26.0 cm³/mol. The molecule has 0 aromatic rings. The fourth-order valence-electron chi connectivity index (χ4n) is 0. The highest BCUT2D eigenvalue weighted by Crippen LogP contribution is 1.59. The van der Waals surface area contributed by atoms with Gasteiger partial charge in [-0.05, 0) is 0 Å². The minimum absolute atomic E-state index is 0.401. The van der Waals surface area contributed by atoms with Crippen molar-refractivity contribution in [2.45, 2.75) is 0 Å². The molecule has 0 saturated heterocycles. The molecule has 0 bridgehead atoms. The quantitative estimate of drug-likeness (QED) is 0.264. The molecule has 0 aliphatic heterocycles. The third-order valence-corrected chi connectivity index (χ3v) is 1.47. The maximum Gasteiger partial charge on any atom is 0.206 e. The van der Waals surface area contributed by atoms with Crippen LogP contribution < -0.4 is 0 Å². The Bertz CT molecular complexity index is 22.0. The van der Waals surface area contributed by atoms with Crippen LogP contribution >= 0.6 is 19.9 Å². The Labute approximate surface area is 34.9 Å². The molecule has 3 heteroatoms. The molecule has 0 aliphatic rings. The lowest BCUT2D eigenvalue weighted by atomic mass is 11.9. The van der Waals surface area contributed by atoms with Gasteiger partial charge in [0.15, 0.2) is 0 Å². The normalized spacial score (nSPS) is 6.25. The summed E-state index contributed by atoms with van der Waals surface area (Å²) in [6.07, 6.45) is 0. The summed E-state index contributed by atoms with van der Waals surface area (Å²) in [5.74, 6) is 0. The predicted octanol–water partition coefficient (Wildman–Crippen LogP) is 0.747. The Morgan fingerprint density at radius 1 is 2.00 bits per heavy atom. The maximum atomic E-state index is 5.11. The van der Waals surface area contributed by atoms with Gasteiger partial charge in [-0.15, -0.1) is 8.86 Å². The van der Waals surface area contributed by atoms with Crippen molar-refractivity contribution >= 4 is 34.2 Å². The van der Waals surface area contributed by atoms with E-state index < -0.39 is 0 Å². The Balaban J connectivity index is 2.30. The molecule has 2 radical (unpaired) electrons. The van der Waals surface area contributed by atoms with Gasteiger partial charge >= 0.3 is 0 Å². The molecule has 0 N–H and O–H groups in total.